The van der Waals surface area contributed by atoms with Crippen molar-refractivity contribution in [2.75, 3.05) is 20.3 Å². The van der Waals surface area contributed by atoms with Gasteiger partial charge >= 0.3 is 0 Å². The monoisotopic (exact) mass is 390 g/mol. The number of nitrogens with one attached hydrogen (secondary N) is 1. The number of methoxy groups -OCH3 is 1. The smallest absolute Gasteiger partial charge is 0.173 e. The number of Topliss-reactive ketones (excluding diaryl/α,β-unsaturated/α-hetero) is 1. The van der Waals surface area contributed by atoms with Crippen molar-refractivity contribution >= 4 is 23.1 Å². The van der Waals surface area contributed by atoms with Crippen LogP contribution in [-0.4, -0.2) is 36.1 Å². The van der Waals surface area contributed by atoms with E-state index in [1.165, 1.54) is 0 Å². The number of carbonyl (C=O) groups excluding carboxylic acids is 1. The third-order valence-corrected chi connectivity index (χ3v) is 4.85. The van der Waals surface area contributed by atoms with Crippen molar-refractivity contribution in [2.24, 2.45) is 5.92 Å². The van der Waals surface area contributed by atoms with Crippen LogP contribution in [0.1, 0.15) is 52.6 Å². The fourth-order valence-corrected chi connectivity index (χ4v) is 3.57. The highest BCUT2D eigenvalue weighted by atomic mass is 32.1. The van der Waals surface area contributed by atoms with Crippen molar-refractivity contribution in [1.29, 1.82) is 0 Å². The van der Waals surface area contributed by atoms with E-state index in [9.17, 15) is 4.79 Å². The number of ketones is 1. The predicted molar refractivity (Wildman–Crippen MR) is 112 cm³/mol. The molecule has 0 bridgehead atoms. The highest BCUT2D eigenvalue weighted by molar-refractivity contribution is 7.80. The average Bonchev–Trinajstić information content (AvgIpc) is 2.62. The molecule has 2 rings (SSSR count). The third kappa shape index (κ3) is 4.80. The number of nitrogens with zero attached hydrogens (tertiary/aromatic N) is 1. The lowest BCUT2D eigenvalue weighted by atomic mass is 9.92. The maximum absolute atomic E-state index is 12.4. The molecular formula is C21H30N2O3S. The zero-order valence-corrected chi connectivity index (χ0v) is 17.9. The second-order valence-corrected chi connectivity index (χ2v) is 7.59. The van der Waals surface area contributed by atoms with Crippen LogP contribution in [0.2, 0.25) is 0 Å². The molecule has 27 heavy (non-hydrogen) atoms. The summed E-state index contributed by atoms with van der Waals surface area (Å²) in [6.45, 7) is 11.3. The Labute approximate surface area is 167 Å². The van der Waals surface area contributed by atoms with Crippen molar-refractivity contribution in [3.63, 3.8) is 0 Å². The second kappa shape index (κ2) is 9.22. The summed E-state index contributed by atoms with van der Waals surface area (Å²) in [4.78, 5) is 14.4. The molecule has 0 fully saturated rings. The Morgan fingerprint density at radius 3 is 2.59 bits per heavy atom. The normalized spacial score (nSPS) is 17.2. The number of hydrogen-bond acceptors (Lipinski definition) is 4. The highest BCUT2D eigenvalue weighted by Gasteiger charge is 2.32. The van der Waals surface area contributed by atoms with Gasteiger partial charge in [0.2, 0.25) is 0 Å². The summed E-state index contributed by atoms with van der Waals surface area (Å²) in [6.07, 6.45) is 0.949. The summed E-state index contributed by atoms with van der Waals surface area (Å²) in [5.41, 5.74) is 2.57. The molecule has 5 nitrogen and oxygen atoms in total. The number of benzene rings is 1. The Morgan fingerprint density at radius 2 is 2.04 bits per heavy atom. The molecule has 1 aromatic rings. The standard InChI is InChI=1S/C21H30N2O3S/c1-7-10-23-14(4)19(15(5)24)20(22-21(23)27)16-8-9-17(18(11-16)25-6)26-12-13(2)3/h8-9,11,13,20H,7,10,12H2,1-6H3,(H,22,27). The summed E-state index contributed by atoms with van der Waals surface area (Å²) in [5, 5.41) is 3.97. The van der Waals surface area contributed by atoms with Crippen LogP contribution in [-0.2, 0) is 4.79 Å². The molecule has 148 valence electrons. The van der Waals surface area contributed by atoms with E-state index in [1.54, 1.807) is 14.0 Å². The topological polar surface area (TPSA) is 50.8 Å². The SMILES string of the molecule is CCCN1C(=S)NC(c2ccc(OCC(C)C)c(OC)c2)C(C(C)=O)=C1C. The molecule has 0 saturated heterocycles. The Hall–Kier alpha value is -2.08. The first-order chi connectivity index (χ1) is 12.8. The molecular weight excluding hydrogens is 360 g/mol. The van der Waals surface area contributed by atoms with Gasteiger partial charge in [0.1, 0.15) is 0 Å². The van der Waals surface area contributed by atoms with Gasteiger partial charge in [0.15, 0.2) is 22.4 Å². The van der Waals surface area contributed by atoms with E-state index < -0.39 is 0 Å². The lowest BCUT2D eigenvalue weighted by Crippen LogP contribution is -2.47. The molecule has 1 aliphatic rings. The van der Waals surface area contributed by atoms with E-state index >= 15 is 0 Å². The quantitative estimate of drug-likeness (QED) is 0.670. The first-order valence-electron chi connectivity index (χ1n) is 9.40. The second-order valence-electron chi connectivity index (χ2n) is 7.20. The van der Waals surface area contributed by atoms with Gasteiger partial charge in [-0.25, -0.2) is 0 Å². The third-order valence-electron chi connectivity index (χ3n) is 4.52. The van der Waals surface area contributed by atoms with Gasteiger partial charge in [0.05, 0.1) is 19.8 Å². The molecule has 0 aliphatic carbocycles. The van der Waals surface area contributed by atoms with Gasteiger partial charge in [-0.15, -0.1) is 0 Å². The molecule has 1 aliphatic heterocycles. The fraction of sp³-hybridized carbons (Fsp3) is 0.524. The number of hydrogen-bond donors (Lipinski definition) is 1. The van der Waals surface area contributed by atoms with Crippen LogP contribution in [0.3, 0.4) is 0 Å². The average molecular weight is 391 g/mol. The lowest BCUT2D eigenvalue weighted by Gasteiger charge is -2.37. The molecule has 1 heterocycles. The number of rotatable bonds is 8. The summed E-state index contributed by atoms with van der Waals surface area (Å²) < 4.78 is 11.4. The maximum Gasteiger partial charge on any atom is 0.173 e. The molecule has 0 aromatic heterocycles. The summed E-state index contributed by atoms with van der Waals surface area (Å²) in [5.74, 6) is 1.81. The van der Waals surface area contributed by atoms with Gasteiger partial charge in [-0.05, 0) is 56.1 Å². The van der Waals surface area contributed by atoms with Gasteiger partial charge in [-0.2, -0.15) is 0 Å². The van der Waals surface area contributed by atoms with Crippen molar-refractivity contribution in [2.45, 2.75) is 47.1 Å². The summed E-state index contributed by atoms with van der Waals surface area (Å²) in [6, 6.07) is 5.48. The fourth-order valence-electron chi connectivity index (χ4n) is 3.22. The minimum Gasteiger partial charge on any atom is -0.493 e. The van der Waals surface area contributed by atoms with Crippen LogP contribution in [0.25, 0.3) is 0 Å². The van der Waals surface area contributed by atoms with E-state index in [-0.39, 0.29) is 11.8 Å². The van der Waals surface area contributed by atoms with Crippen molar-refractivity contribution < 1.29 is 14.3 Å². The van der Waals surface area contributed by atoms with Crippen LogP contribution in [0.4, 0.5) is 0 Å². The van der Waals surface area contributed by atoms with Gasteiger partial charge in [-0.3, -0.25) is 4.79 Å². The van der Waals surface area contributed by atoms with E-state index in [0.29, 0.717) is 29.1 Å². The van der Waals surface area contributed by atoms with Gasteiger partial charge < -0.3 is 19.7 Å². The molecule has 1 unspecified atom stereocenters. The van der Waals surface area contributed by atoms with Crippen LogP contribution in [0.5, 0.6) is 11.5 Å². The lowest BCUT2D eigenvalue weighted by molar-refractivity contribution is -0.114. The zero-order chi connectivity index (χ0) is 20.1. The molecule has 1 atom stereocenters. The molecule has 0 amide bonds. The van der Waals surface area contributed by atoms with Gasteiger partial charge in [0.25, 0.3) is 0 Å². The van der Waals surface area contributed by atoms with E-state index in [0.717, 1.165) is 29.8 Å². The Bertz CT molecular complexity index is 743. The summed E-state index contributed by atoms with van der Waals surface area (Å²) >= 11 is 5.56. The zero-order valence-electron chi connectivity index (χ0n) is 17.1. The van der Waals surface area contributed by atoms with Crippen molar-refractivity contribution in [3.8, 4) is 11.5 Å². The number of ether oxygens (including phenoxy) is 2. The van der Waals surface area contributed by atoms with E-state index in [4.69, 9.17) is 21.7 Å². The van der Waals surface area contributed by atoms with Crippen molar-refractivity contribution in [1.82, 2.24) is 10.2 Å². The molecule has 1 N–H and O–H groups in total. The molecule has 1 aromatic carbocycles. The summed E-state index contributed by atoms with van der Waals surface area (Å²) in [7, 11) is 1.62. The minimum absolute atomic E-state index is 0.0349. The van der Waals surface area contributed by atoms with E-state index in [1.807, 2.05) is 30.0 Å². The molecule has 0 saturated carbocycles. The van der Waals surface area contributed by atoms with Crippen LogP contribution in [0, 0.1) is 5.92 Å². The largest absolute Gasteiger partial charge is 0.493 e. The minimum atomic E-state index is -0.295. The van der Waals surface area contributed by atoms with Crippen LogP contribution in [0.15, 0.2) is 29.5 Å². The Kier molecular flexibility index (Phi) is 7.25. The highest BCUT2D eigenvalue weighted by Crippen LogP contribution is 2.36. The molecule has 0 radical (unpaired) electrons. The molecule has 0 spiro atoms. The van der Waals surface area contributed by atoms with E-state index in [2.05, 4.69) is 26.1 Å². The number of allylic oxidation sites excluding steroid dienone is 1. The van der Waals surface area contributed by atoms with Crippen molar-refractivity contribution in [3.05, 3.63) is 35.0 Å². The number of carbonyl (C=O) groups is 1. The van der Waals surface area contributed by atoms with Gasteiger partial charge in [0, 0.05) is 17.8 Å². The first-order valence-corrected chi connectivity index (χ1v) is 9.81. The Morgan fingerprint density at radius 1 is 1.33 bits per heavy atom. The van der Waals surface area contributed by atoms with Gasteiger partial charge in [-0.1, -0.05) is 26.8 Å². The predicted octanol–water partition coefficient (Wildman–Crippen LogP) is 4.23. The first kappa shape index (κ1) is 21.2. The maximum atomic E-state index is 12.4. The van der Waals surface area contributed by atoms with Crippen LogP contribution >= 0.6 is 12.2 Å². The number of thiocarbonyl (C=S) groups is 1. The Balaban J connectivity index is 2.43. The van der Waals surface area contributed by atoms with Crippen LogP contribution < -0.4 is 14.8 Å². The molecule has 6 heteroatoms.